The van der Waals surface area contributed by atoms with Crippen molar-refractivity contribution < 1.29 is 22.8 Å². The molecule has 13 heteroatoms. The van der Waals surface area contributed by atoms with E-state index in [1.54, 1.807) is 24.0 Å². The van der Waals surface area contributed by atoms with Crippen LogP contribution in [0.3, 0.4) is 0 Å². The van der Waals surface area contributed by atoms with Crippen LogP contribution in [0.15, 0.2) is 65.6 Å². The summed E-state index contributed by atoms with van der Waals surface area (Å²) < 4.78 is 44.7. The number of alkyl halides is 3. The van der Waals surface area contributed by atoms with Crippen molar-refractivity contribution >= 4 is 41.0 Å². The second-order valence-corrected chi connectivity index (χ2v) is 8.26. The maximum absolute atomic E-state index is 14.2. The molecule has 9 nitrogen and oxygen atoms in total. The highest BCUT2D eigenvalue weighted by molar-refractivity contribution is 6.33. The number of hydrogen-bond donors (Lipinski definition) is 1. The van der Waals surface area contributed by atoms with E-state index >= 15 is 0 Å². The van der Waals surface area contributed by atoms with E-state index in [4.69, 9.17) is 11.6 Å². The number of rotatable bonds is 4. The minimum atomic E-state index is -4.94. The number of carbonyl (C=O) groups is 2. The standard InChI is InChI=1S/C23H15ClF3N7O2/c1-33-8-6-17(32-33)19-16(24)9-12(10-29-19)31-22(36)15-11-30-34(20(15)23(25,26)27)18-4-2-3-14-13(18)5-7-28-21(14)35/h2-11,14H,1H3,(H,31,36). The number of aryl methyl sites for hydroxylation is 1. The molecule has 0 saturated carbocycles. The molecule has 0 radical (unpaired) electrons. The highest BCUT2D eigenvalue weighted by Gasteiger charge is 2.42. The van der Waals surface area contributed by atoms with E-state index in [1.165, 1.54) is 42.8 Å². The lowest BCUT2D eigenvalue weighted by Crippen LogP contribution is -2.25. The number of allylic oxidation sites excluding steroid dienone is 4. The SMILES string of the molecule is Cn1ccc(-c2ncc(NC(=O)c3cnn(C4=CC=CC5C(=O)N=CC=C45)c3C(F)(F)F)cc2Cl)n1. The summed E-state index contributed by atoms with van der Waals surface area (Å²) in [6, 6.07) is 3.06. The molecule has 0 fully saturated rings. The van der Waals surface area contributed by atoms with Gasteiger partial charge in [-0.2, -0.15) is 23.4 Å². The molecule has 0 spiro atoms. The summed E-state index contributed by atoms with van der Waals surface area (Å²) in [5.41, 5.74) is -0.769. The Morgan fingerprint density at radius 1 is 1.22 bits per heavy atom. The van der Waals surface area contributed by atoms with Crippen molar-refractivity contribution in [2.45, 2.75) is 6.18 Å². The van der Waals surface area contributed by atoms with Crippen LogP contribution >= 0.6 is 11.6 Å². The predicted octanol–water partition coefficient (Wildman–Crippen LogP) is 4.17. The molecule has 3 aromatic heterocycles. The normalized spacial score (nSPS) is 17.0. The number of carbonyl (C=O) groups excluding carboxylic acids is 2. The third kappa shape index (κ3) is 4.15. The summed E-state index contributed by atoms with van der Waals surface area (Å²) in [6.07, 6.45) is 5.89. The third-order valence-electron chi connectivity index (χ3n) is 5.48. The quantitative estimate of drug-likeness (QED) is 0.563. The number of pyridine rings is 1. The zero-order valence-corrected chi connectivity index (χ0v) is 19.1. The van der Waals surface area contributed by atoms with Crippen LogP contribution in [0.1, 0.15) is 16.1 Å². The fourth-order valence-electron chi connectivity index (χ4n) is 3.89. The molecule has 4 heterocycles. The second-order valence-electron chi connectivity index (χ2n) is 7.85. The predicted molar refractivity (Wildman–Crippen MR) is 125 cm³/mol. The molecule has 182 valence electrons. The van der Waals surface area contributed by atoms with Crippen LogP contribution in [0, 0.1) is 5.92 Å². The van der Waals surface area contributed by atoms with E-state index < -0.39 is 35.2 Å². The van der Waals surface area contributed by atoms with Gasteiger partial charge in [0.15, 0.2) is 5.69 Å². The average Bonchev–Trinajstić information content (AvgIpc) is 3.46. The molecular weight excluding hydrogens is 499 g/mol. The number of nitrogens with one attached hydrogen (secondary N) is 1. The van der Waals surface area contributed by atoms with Gasteiger partial charge < -0.3 is 5.32 Å². The van der Waals surface area contributed by atoms with Crippen molar-refractivity contribution in [2.75, 3.05) is 5.32 Å². The molecule has 2 aliphatic rings. The topological polar surface area (TPSA) is 107 Å². The molecule has 1 N–H and O–H groups in total. The first-order chi connectivity index (χ1) is 17.1. The van der Waals surface area contributed by atoms with Crippen molar-refractivity contribution in [1.29, 1.82) is 0 Å². The van der Waals surface area contributed by atoms with Crippen LogP contribution in [-0.4, -0.2) is 42.6 Å². The first kappa shape index (κ1) is 23.4. The smallest absolute Gasteiger partial charge is 0.320 e. The lowest BCUT2D eigenvalue weighted by Gasteiger charge is -2.23. The Hall–Kier alpha value is -4.32. The monoisotopic (exact) mass is 513 g/mol. The Morgan fingerprint density at radius 2 is 2.03 bits per heavy atom. The van der Waals surface area contributed by atoms with Gasteiger partial charge in [0.25, 0.3) is 11.8 Å². The van der Waals surface area contributed by atoms with Crippen molar-refractivity contribution in [1.82, 2.24) is 24.5 Å². The second kappa shape index (κ2) is 8.72. The van der Waals surface area contributed by atoms with Crippen LogP contribution in [-0.2, 0) is 18.0 Å². The molecule has 1 unspecified atom stereocenters. The molecular formula is C23H15ClF3N7O2. The number of hydrogen-bond acceptors (Lipinski definition) is 5. The Labute approximate surface area is 206 Å². The summed E-state index contributed by atoms with van der Waals surface area (Å²) in [4.78, 5) is 32.8. The Kier molecular flexibility index (Phi) is 5.67. The average molecular weight is 514 g/mol. The Bertz CT molecular complexity index is 1530. The van der Waals surface area contributed by atoms with E-state index in [0.29, 0.717) is 21.6 Å². The number of aliphatic imine (C=N–C) groups is 1. The largest absolute Gasteiger partial charge is 0.434 e. The first-order valence-electron chi connectivity index (χ1n) is 10.4. The van der Waals surface area contributed by atoms with Crippen LogP contribution in [0.4, 0.5) is 18.9 Å². The molecule has 2 amide bonds. The van der Waals surface area contributed by atoms with Gasteiger partial charge in [-0.05, 0) is 29.9 Å². The molecule has 0 aromatic carbocycles. The summed E-state index contributed by atoms with van der Waals surface area (Å²) in [5, 5.41) is 10.6. The highest BCUT2D eigenvalue weighted by atomic mass is 35.5. The minimum Gasteiger partial charge on any atom is -0.320 e. The molecule has 1 aliphatic carbocycles. The summed E-state index contributed by atoms with van der Waals surface area (Å²) in [7, 11) is 1.72. The first-order valence-corrected chi connectivity index (χ1v) is 10.8. The van der Waals surface area contributed by atoms with Crippen LogP contribution in [0.5, 0.6) is 0 Å². The van der Waals surface area contributed by atoms with Gasteiger partial charge in [-0.15, -0.1) is 0 Å². The third-order valence-corrected chi connectivity index (χ3v) is 5.76. The summed E-state index contributed by atoms with van der Waals surface area (Å²) >= 11 is 6.27. The molecule has 0 saturated heterocycles. The van der Waals surface area contributed by atoms with Gasteiger partial charge in [-0.3, -0.25) is 19.3 Å². The minimum absolute atomic E-state index is 0.0119. The Morgan fingerprint density at radius 3 is 2.72 bits per heavy atom. The number of fused-ring (bicyclic) bond motifs is 1. The molecule has 1 atom stereocenters. The zero-order chi connectivity index (χ0) is 25.6. The van der Waals surface area contributed by atoms with Gasteiger partial charge in [0.2, 0.25) is 0 Å². The van der Waals surface area contributed by atoms with E-state index in [1.807, 2.05) is 0 Å². The molecule has 3 aromatic rings. The summed E-state index contributed by atoms with van der Waals surface area (Å²) in [5.74, 6) is -2.40. The van der Waals surface area contributed by atoms with Crippen molar-refractivity contribution in [3.63, 3.8) is 0 Å². The van der Waals surface area contributed by atoms with Crippen LogP contribution in [0.2, 0.25) is 5.02 Å². The zero-order valence-electron chi connectivity index (χ0n) is 18.4. The van der Waals surface area contributed by atoms with Crippen molar-refractivity contribution in [3.05, 3.63) is 76.9 Å². The van der Waals surface area contributed by atoms with E-state index in [0.717, 1.165) is 6.20 Å². The maximum atomic E-state index is 14.2. The lowest BCUT2D eigenvalue weighted by molar-refractivity contribution is -0.143. The van der Waals surface area contributed by atoms with E-state index in [9.17, 15) is 22.8 Å². The number of dihydropyridines is 1. The molecule has 0 bridgehead atoms. The number of anilines is 1. The lowest BCUT2D eigenvalue weighted by atomic mass is 9.89. The van der Waals surface area contributed by atoms with Crippen molar-refractivity contribution in [2.24, 2.45) is 18.0 Å². The van der Waals surface area contributed by atoms with Crippen LogP contribution in [0.25, 0.3) is 17.1 Å². The van der Waals surface area contributed by atoms with E-state index in [-0.39, 0.29) is 16.4 Å². The number of halogens is 4. The van der Waals surface area contributed by atoms with Gasteiger partial charge in [0, 0.05) is 19.5 Å². The molecule has 1 aliphatic heterocycles. The highest BCUT2D eigenvalue weighted by Crippen LogP contribution is 2.38. The van der Waals surface area contributed by atoms with Gasteiger partial charge >= 0.3 is 6.18 Å². The summed E-state index contributed by atoms with van der Waals surface area (Å²) in [6.45, 7) is 0. The maximum Gasteiger partial charge on any atom is 0.434 e. The Balaban J connectivity index is 1.48. The fourth-order valence-corrected chi connectivity index (χ4v) is 4.15. The van der Waals surface area contributed by atoms with Gasteiger partial charge in [0.1, 0.15) is 11.4 Å². The van der Waals surface area contributed by atoms with Crippen molar-refractivity contribution in [3.8, 4) is 11.4 Å². The van der Waals surface area contributed by atoms with Gasteiger partial charge in [-0.1, -0.05) is 23.8 Å². The number of nitrogens with zero attached hydrogens (tertiary/aromatic N) is 6. The number of amides is 2. The van der Waals surface area contributed by atoms with E-state index in [2.05, 4.69) is 25.5 Å². The molecule has 5 rings (SSSR count). The van der Waals surface area contributed by atoms with Gasteiger partial charge in [-0.25, -0.2) is 9.67 Å². The van der Waals surface area contributed by atoms with Gasteiger partial charge in [0.05, 0.1) is 40.3 Å². The fraction of sp³-hybridized carbons (Fsp3) is 0.130. The van der Waals surface area contributed by atoms with Crippen LogP contribution < -0.4 is 5.32 Å². The number of aromatic nitrogens is 5. The molecule has 36 heavy (non-hydrogen) atoms.